The van der Waals surface area contributed by atoms with Gasteiger partial charge in [0.1, 0.15) is 17.6 Å². The van der Waals surface area contributed by atoms with Crippen molar-refractivity contribution in [3.8, 4) is 17.1 Å². The number of oxazole rings is 2. The molecule has 1 amide bonds. The van der Waals surface area contributed by atoms with E-state index in [0.29, 0.717) is 43.0 Å². The Balaban J connectivity index is 1.28. The molecule has 3 aromatic rings. The minimum atomic E-state index is -0.332. The highest BCUT2D eigenvalue weighted by Crippen LogP contribution is 2.36. The van der Waals surface area contributed by atoms with Crippen LogP contribution >= 0.6 is 0 Å². The van der Waals surface area contributed by atoms with E-state index in [9.17, 15) is 4.79 Å². The Morgan fingerprint density at radius 2 is 2.22 bits per heavy atom. The second kappa shape index (κ2) is 8.91. The largest absolute Gasteiger partial charge is 0.496 e. The van der Waals surface area contributed by atoms with Gasteiger partial charge in [-0.15, -0.1) is 0 Å². The number of ether oxygens (including phenoxy) is 3. The maximum absolute atomic E-state index is 12.6. The molecule has 10 heteroatoms. The maximum Gasteiger partial charge on any atom is 0.410 e. The van der Waals surface area contributed by atoms with Gasteiger partial charge in [0.15, 0.2) is 12.2 Å². The summed E-state index contributed by atoms with van der Waals surface area (Å²) in [5, 5.41) is 3.14. The number of rotatable bonds is 6. The molecule has 2 aliphatic rings. The van der Waals surface area contributed by atoms with Crippen LogP contribution in [0.3, 0.4) is 0 Å². The third-order valence-corrected chi connectivity index (χ3v) is 5.65. The van der Waals surface area contributed by atoms with Crippen LogP contribution in [0, 0.1) is 0 Å². The van der Waals surface area contributed by atoms with Crippen LogP contribution in [0.5, 0.6) is 5.75 Å². The zero-order chi connectivity index (χ0) is 21.9. The predicted octanol–water partition coefficient (Wildman–Crippen LogP) is 4.14. The molecule has 32 heavy (non-hydrogen) atoms. The minimum Gasteiger partial charge on any atom is -0.496 e. The number of amides is 1. The first-order valence-electron chi connectivity index (χ1n) is 10.6. The molecule has 0 spiro atoms. The van der Waals surface area contributed by atoms with Crippen molar-refractivity contribution in [3.63, 3.8) is 0 Å². The predicted molar refractivity (Wildman–Crippen MR) is 113 cm³/mol. The molecule has 4 heterocycles. The van der Waals surface area contributed by atoms with Gasteiger partial charge in [-0.3, -0.25) is 4.90 Å². The number of hydrogen-bond donors (Lipinski definition) is 1. The van der Waals surface area contributed by atoms with Crippen molar-refractivity contribution in [2.45, 2.75) is 31.4 Å². The van der Waals surface area contributed by atoms with E-state index in [1.807, 2.05) is 18.2 Å². The molecule has 0 saturated carbocycles. The van der Waals surface area contributed by atoms with Gasteiger partial charge in [0.05, 0.1) is 44.3 Å². The molecule has 2 unspecified atom stereocenters. The van der Waals surface area contributed by atoms with Gasteiger partial charge >= 0.3 is 6.09 Å². The molecule has 1 N–H and O–H groups in total. The molecule has 2 aliphatic heterocycles. The summed E-state index contributed by atoms with van der Waals surface area (Å²) in [5.74, 6) is 1.86. The molecule has 1 aromatic carbocycles. The third kappa shape index (κ3) is 4.13. The van der Waals surface area contributed by atoms with Gasteiger partial charge in [-0.1, -0.05) is 0 Å². The van der Waals surface area contributed by atoms with E-state index in [1.54, 1.807) is 24.4 Å². The van der Waals surface area contributed by atoms with Crippen LogP contribution < -0.4 is 10.1 Å². The summed E-state index contributed by atoms with van der Waals surface area (Å²) in [7, 11) is 1.59. The normalized spacial score (nSPS) is 20.5. The quantitative estimate of drug-likeness (QED) is 0.604. The summed E-state index contributed by atoms with van der Waals surface area (Å²) < 4.78 is 27.6. The summed E-state index contributed by atoms with van der Waals surface area (Å²) in [6.07, 6.45) is 6.56. The van der Waals surface area contributed by atoms with Gasteiger partial charge < -0.3 is 28.4 Å². The van der Waals surface area contributed by atoms with Crippen molar-refractivity contribution >= 4 is 17.8 Å². The number of methoxy groups -OCH3 is 1. The Kier molecular flexibility index (Phi) is 5.68. The lowest BCUT2D eigenvalue weighted by atomic mass is 10.1. The second-order valence-corrected chi connectivity index (χ2v) is 7.69. The van der Waals surface area contributed by atoms with E-state index in [4.69, 9.17) is 23.0 Å². The van der Waals surface area contributed by atoms with E-state index < -0.39 is 0 Å². The Labute approximate surface area is 184 Å². The van der Waals surface area contributed by atoms with Gasteiger partial charge in [-0.2, -0.15) is 0 Å². The van der Waals surface area contributed by atoms with Gasteiger partial charge in [0.2, 0.25) is 0 Å². The highest BCUT2D eigenvalue weighted by atomic mass is 16.6. The number of nitrogens with one attached hydrogen (secondary N) is 1. The number of anilines is 2. The topological polar surface area (TPSA) is 112 Å². The summed E-state index contributed by atoms with van der Waals surface area (Å²) >= 11 is 0. The maximum atomic E-state index is 12.6. The van der Waals surface area contributed by atoms with Crippen LogP contribution in [0.1, 0.15) is 31.1 Å². The molecule has 0 aliphatic carbocycles. The molecule has 2 fully saturated rings. The molecule has 0 radical (unpaired) electrons. The number of likely N-dealkylation sites (tertiary alicyclic amines) is 1. The Morgan fingerprint density at radius 3 is 3.00 bits per heavy atom. The number of benzene rings is 1. The minimum absolute atomic E-state index is 0.175. The summed E-state index contributed by atoms with van der Waals surface area (Å²) in [6, 6.07) is 5.69. The van der Waals surface area contributed by atoms with E-state index >= 15 is 0 Å². The lowest BCUT2D eigenvalue weighted by Crippen LogP contribution is -2.34. The standard InChI is InChI=1S/C22H24N4O6/c1-28-18-9-14(4-5-16(18)19-10-23-13-30-19)25-21-24-11-20(32-21)17-3-2-7-26(17)22(27)31-15-6-8-29-12-15/h4-5,9-11,13,15,17H,2-3,6-8,12H2,1H3,(H,24,25). The molecular weight excluding hydrogens is 416 g/mol. The Morgan fingerprint density at radius 1 is 1.28 bits per heavy atom. The second-order valence-electron chi connectivity index (χ2n) is 7.69. The lowest BCUT2D eigenvalue weighted by molar-refractivity contribution is 0.0498. The van der Waals surface area contributed by atoms with Crippen molar-refractivity contribution in [1.29, 1.82) is 0 Å². The highest BCUT2D eigenvalue weighted by Gasteiger charge is 2.35. The molecule has 5 rings (SSSR count). The van der Waals surface area contributed by atoms with Crippen LogP contribution in [0.2, 0.25) is 0 Å². The van der Waals surface area contributed by atoms with Crippen LogP contribution in [0.25, 0.3) is 11.3 Å². The van der Waals surface area contributed by atoms with Crippen molar-refractivity contribution < 1.29 is 27.8 Å². The van der Waals surface area contributed by atoms with Crippen LogP contribution in [0.15, 0.2) is 45.8 Å². The molecule has 2 aromatic heterocycles. The third-order valence-electron chi connectivity index (χ3n) is 5.65. The van der Waals surface area contributed by atoms with Crippen molar-refractivity contribution in [3.05, 3.63) is 42.7 Å². The fraction of sp³-hybridized carbons (Fsp3) is 0.409. The first-order chi connectivity index (χ1) is 15.7. The Hall–Kier alpha value is -3.53. The average Bonchev–Trinajstić information content (AvgIpc) is 3.61. The summed E-state index contributed by atoms with van der Waals surface area (Å²) in [4.78, 5) is 22.6. The zero-order valence-electron chi connectivity index (χ0n) is 17.7. The molecule has 10 nitrogen and oxygen atoms in total. The zero-order valence-corrected chi connectivity index (χ0v) is 17.7. The SMILES string of the molecule is COc1cc(Nc2ncc(C3CCCN3C(=O)OC3CCOC3)o2)ccc1-c1cnco1. The van der Waals surface area contributed by atoms with Crippen LogP contribution in [0.4, 0.5) is 16.5 Å². The van der Waals surface area contributed by atoms with Crippen molar-refractivity contribution in [1.82, 2.24) is 14.9 Å². The lowest BCUT2D eigenvalue weighted by Gasteiger charge is -2.23. The fourth-order valence-electron chi connectivity index (χ4n) is 4.04. The summed E-state index contributed by atoms with van der Waals surface area (Å²) in [6.45, 7) is 1.71. The number of aromatic nitrogens is 2. The highest BCUT2D eigenvalue weighted by molar-refractivity contribution is 5.71. The van der Waals surface area contributed by atoms with Crippen LogP contribution in [-0.2, 0) is 9.47 Å². The van der Waals surface area contributed by atoms with E-state index in [1.165, 1.54) is 6.39 Å². The first-order valence-corrected chi connectivity index (χ1v) is 10.6. The van der Waals surface area contributed by atoms with E-state index in [-0.39, 0.29) is 18.2 Å². The average molecular weight is 440 g/mol. The van der Waals surface area contributed by atoms with Crippen molar-refractivity contribution in [2.24, 2.45) is 0 Å². The number of nitrogens with zero attached hydrogens (tertiary/aromatic N) is 3. The smallest absolute Gasteiger partial charge is 0.410 e. The Bertz CT molecular complexity index is 1060. The van der Waals surface area contributed by atoms with Gasteiger partial charge in [-0.25, -0.2) is 14.8 Å². The number of carbonyl (C=O) groups excluding carboxylic acids is 1. The van der Waals surface area contributed by atoms with Crippen molar-refractivity contribution in [2.75, 3.05) is 32.2 Å². The monoisotopic (exact) mass is 440 g/mol. The first kappa shape index (κ1) is 20.4. The number of carbonyl (C=O) groups is 1. The van der Waals surface area contributed by atoms with Gasteiger partial charge in [-0.05, 0) is 25.0 Å². The van der Waals surface area contributed by atoms with E-state index in [0.717, 1.165) is 30.5 Å². The van der Waals surface area contributed by atoms with Crippen LogP contribution in [-0.4, -0.2) is 53.9 Å². The number of hydrogen-bond acceptors (Lipinski definition) is 9. The molecular formula is C22H24N4O6. The molecule has 2 saturated heterocycles. The van der Waals surface area contributed by atoms with Gasteiger partial charge in [0, 0.05) is 24.7 Å². The van der Waals surface area contributed by atoms with E-state index in [2.05, 4.69) is 15.3 Å². The molecule has 168 valence electrons. The van der Waals surface area contributed by atoms with Gasteiger partial charge in [0.25, 0.3) is 6.01 Å². The molecule has 2 atom stereocenters. The summed E-state index contributed by atoms with van der Waals surface area (Å²) in [5.41, 5.74) is 1.53. The fourth-order valence-corrected chi connectivity index (χ4v) is 4.04. The molecule has 0 bridgehead atoms.